The van der Waals surface area contributed by atoms with Crippen molar-refractivity contribution >= 4 is 12.6 Å². The van der Waals surface area contributed by atoms with Crippen LogP contribution < -0.4 is 10.2 Å². The minimum Gasteiger partial charge on any atom is -0.439 e. The highest BCUT2D eigenvalue weighted by Gasteiger charge is 2.55. The van der Waals surface area contributed by atoms with Gasteiger partial charge in [-0.05, 0) is 57.3 Å². The van der Waals surface area contributed by atoms with Crippen LogP contribution in [0.4, 0.5) is 0 Å². The first-order valence-electron chi connectivity index (χ1n) is 8.78. The zero-order valence-electron chi connectivity index (χ0n) is 15.9. The van der Waals surface area contributed by atoms with Gasteiger partial charge in [0.05, 0.1) is 11.2 Å². The Balaban J connectivity index is 1.75. The van der Waals surface area contributed by atoms with Crippen LogP contribution in [0.2, 0.25) is 0 Å². The third kappa shape index (κ3) is 3.44. The summed E-state index contributed by atoms with van der Waals surface area (Å²) in [6.45, 7) is 12.6. The van der Waals surface area contributed by atoms with E-state index < -0.39 is 0 Å². The Bertz CT molecular complexity index is 745. The summed E-state index contributed by atoms with van der Waals surface area (Å²) < 4.78 is 18.3. The van der Waals surface area contributed by atoms with Gasteiger partial charge in [0.1, 0.15) is 5.75 Å². The summed E-state index contributed by atoms with van der Waals surface area (Å²) in [4.78, 5) is 4.35. The van der Waals surface area contributed by atoms with Gasteiger partial charge in [0.25, 0.3) is 0 Å². The van der Waals surface area contributed by atoms with Crippen LogP contribution in [0.25, 0.3) is 0 Å². The van der Waals surface area contributed by atoms with Crippen LogP contribution in [0, 0.1) is 12.8 Å². The number of hydrogen-bond acceptors (Lipinski definition) is 4. The number of benzene rings is 1. The molecule has 0 N–H and O–H groups in total. The van der Waals surface area contributed by atoms with Gasteiger partial charge in [0.2, 0.25) is 5.88 Å². The molecular formula is C20H26BNO3. The molecule has 132 valence electrons. The first kappa shape index (κ1) is 18.0. The molecule has 2 aromatic rings. The lowest BCUT2D eigenvalue weighted by Gasteiger charge is -2.39. The summed E-state index contributed by atoms with van der Waals surface area (Å²) >= 11 is 0. The number of hydrogen-bond donors (Lipinski definition) is 0. The SMILES string of the molecule is Cc1cccc(Oc2ccc(B3OC(C)(C)C(C)(C(C)C)O3)cc2)n1. The number of aromatic nitrogens is 1. The Labute approximate surface area is 150 Å². The zero-order chi connectivity index (χ0) is 18.2. The molecule has 0 radical (unpaired) electrons. The van der Waals surface area contributed by atoms with Crippen LogP contribution in [0.15, 0.2) is 42.5 Å². The first-order valence-corrected chi connectivity index (χ1v) is 8.78. The topological polar surface area (TPSA) is 40.6 Å². The monoisotopic (exact) mass is 339 g/mol. The van der Waals surface area contributed by atoms with Gasteiger partial charge in [-0.15, -0.1) is 0 Å². The van der Waals surface area contributed by atoms with E-state index in [4.69, 9.17) is 14.0 Å². The Kier molecular flexibility index (Phi) is 4.65. The highest BCUT2D eigenvalue weighted by molar-refractivity contribution is 6.62. The fraction of sp³-hybridized carbons (Fsp3) is 0.450. The molecule has 0 bridgehead atoms. The molecule has 0 amide bonds. The molecule has 0 aliphatic carbocycles. The molecule has 0 spiro atoms. The second-order valence-electron chi connectivity index (χ2n) is 7.63. The number of rotatable bonds is 4. The van der Waals surface area contributed by atoms with Crippen molar-refractivity contribution in [3.05, 3.63) is 48.2 Å². The average molecular weight is 339 g/mol. The van der Waals surface area contributed by atoms with Crippen molar-refractivity contribution in [1.29, 1.82) is 0 Å². The zero-order valence-corrected chi connectivity index (χ0v) is 15.9. The van der Waals surface area contributed by atoms with E-state index in [9.17, 15) is 0 Å². The largest absolute Gasteiger partial charge is 0.494 e. The van der Waals surface area contributed by atoms with E-state index in [0.717, 1.165) is 16.9 Å². The van der Waals surface area contributed by atoms with Crippen molar-refractivity contribution in [2.75, 3.05) is 0 Å². The number of pyridine rings is 1. The fourth-order valence-corrected chi connectivity index (χ4v) is 3.13. The van der Waals surface area contributed by atoms with Crippen LogP contribution in [0.5, 0.6) is 11.6 Å². The van der Waals surface area contributed by atoms with Gasteiger partial charge >= 0.3 is 7.12 Å². The molecule has 0 saturated carbocycles. The van der Waals surface area contributed by atoms with Gasteiger partial charge in [-0.1, -0.05) is 32.0 Å². The van der Waals surface area contributed by atoms with Crippen molar-refractivity contribution in [2.45, 2.75) is 52.7 Å². The van der Waals surface area contributed by atoms with Crippen LogP contribution in [-0.4, -0.2) is 23.3 Å². The predicted octanol–water partition coefficient (Wildman–Crippen LogP) is 4.12. The third-order valence-corrected chi connectivity index (χ3v) is 5.29. The Morgan fingerprint density at radius 1 is 1.00 bits per heavy atom. The standard InChI is InChI=1S/C20H26BNO3/c1-14(2)20(6)19(4,5)24-21(25-20)16-10-12-17(13-11-16)23-18-9-7-8-15(3)22-18/h7-14H,1-6H3. The molecule has 1 aliphatic heterocycles. The lowest BCUT2D eigenvalue weighted by atomic mass is 9.78. The van der Waals surface area contributed by atoms with E-state index in [1.165, 1.54) is 0 Å². The maximum absolute atomic E-state index is 6.31. The van der Waals surface area contributed by atoms with Gasteiger partial charge in [-0.3, -0.25) is 0 Å². The van der Waals surface area contributed by atoms with Gasteiger partial charge in [-0.25, -0.2) is 4.98 Å². The minimum atomic E-state index is -0.367. The van der Waals surface area contributed by atoms with E-state index in [0.29, 0.717) is 11.8 Å². The van der Waals surface area contributed by atoms with Gasteiger partial charge in [-0.2, -0.15) is 0 Å². The fourth-order valence-electron chi connectivity index (χ4n) is 3.13. The molecule has 1 aromatic heterocycles. The average Bonchev–Trinajstić information content (AvgIpc) is 2.79. The minimum absolute atomic E-state index is 0.335. The quantitative estimate of drug-likeness (QED) is 0.786. The van der Waals surface area contributed by atoms with Crippen LogP contribution in [0.1, 0.15) is 40.3 Å². The van der Waals surface area contributed by atoms with Crippen molar-refractivity contribution in [3.8, 4) is 11.6 Å². The number of ether oxygens (including phenoxy) is 1. The van der Waals surface area contributed by atoms with E-state index in [1.54, 1.807) is 0 Å². The van der Waals surface area contributed by atoms with Gasteiger partial charge < -0.3 is 14.0 Å². The van der Waals surface area contributed by atoms with E-state index in [1.807, 2.05) is 49.4 Å². The van der Waals surface area contributed by atoms with E-state index in [2.05, 4.69) is 39.6 Å². The Morgan fingerprint density at radius 3 is 2.24 bits per heavy atom. The van der Waals surface area contributed by atoms with E-state index in [-0.39, 0.29) is 18.3 Å². The predicted molar refractivity (Wildman–Crippen MR) is 100 cm³/mol. The molecule has 4 nitrogen and oxygen atoms in total. The van der Waals surface area contributed by atoms with E-state index >= 15 is 0 Å². The molecule has 25 heavy (non-hydrogen) atoms. The summed E-state index contributed by atoms with van der Waals surface area (Å²) in [7, 11) is -0.367. The Morgan fingerprint density at radius 2 is 1.68 bits per heavy atom. The summed E-state index contributed by atoms with van der Waals surface area (Å²) in [5.74, 6) is 1.68. The van der Waals surface area contributed by atoms with Gasteiger partial charge in [0, 0.05) is 11.8 Å². The molecule has 2 heterocycles. The molecule has 5 heteroatoms. The van der Waals surface area contributed by atoms with Crippen molar-refractivity contribution in [3.63, 3.8) is 0 Å². The summed E-state index contributed by atoms with van der Waals surface area (Å²) in [6.07, 6.45) is 0. The lowest BCUT2D eigenvalue weighted by molar-refractivity contribution is -0.0435. The lowest BCUT2D eigenvalue weighted by Crippen LogP contribution is -2.48. The smallest absolute Gasteiger partial charge is 0.439 e. The van der Waals surface area contributed by atoms with Gasteiger partial charge in [0.15, 0.2) is 0 Å². The summed E-state index contributed by atoms with van der Waals surface area (Å²) in [5, 5.41) is 0. The second-order valence-corrected chi connectivity index (χ2v) is 7.63. The Hall–Kier alpha value is -1.85. The summed E-state index contributed by atoms with van der Waals surface area (Å²) in [6, 6.07) is 13.5. The first-order chi connectivity index (χ1) is 11.7. The normalized spacial score (nSPS) is 22.4. The molecule has 1 fully saturated rings. The van der Waals surface area contributed by atoms with Crippen LogP contribution >= 0.6 is 0 Å². The molecule has 1 unspecified atom stereocenters. The van der Waals surface area contributed by atoms with Crippen molar-refractivity contribution in [1.82, 2.24) is 4.98 Å². The maximum Gasteiger partial charge on any atom is 0.494 e. The molecule has 1 saturated heterocycles. The number of aryl methyl sites for hydroxylation is 1. The van der Waals surface area contributed by atoms with Crippen LogP contribution in [0.3, 0.4) is 0 Å². The maximum atomic E-state index is 6.31. The second kappa shape index (κ2) is 6.47. The van der Waals surface area contributed by atoms with Crippen LogP contribution in [-0.2, 0) is 9.31 Å². The molecule has 1 atom stereocenters. The highest BCUT2D eigenvalue weighted by Crippen LogP contribution is 2.42. The third-order valence-electron chi connectivity index (χ3n) is 5.29. The number of nitrogens with zero attached hydrogens (tertiary/aromatic N) is 1. The molecule has 1 aromatic carbocycles. The van der Waals surface area contributed by atoms with Crippen molar-refractivity contribution < 1.29 is 14.0 Å². The van der Waals surface area contributed by atoms with Crippen molar-refractivity contribution in [2.24, 2.45) is 5.92 Å². The summed E-state index contributed by atoms with van der Waals surface area (Å²) in [5.41, 5.74) is 1.23. The highest BCUT2D eigenvalue weighted by atomic mass is 16.7. The molecule has 3 rings (SSSR count). The molecule has 1 aliphatic rings. The molecular weight excluding hydrogens is 313 g/mol.